The molecule has 2 rings (SSSR count). The highest BCUT2D eigenvalue weighted by Gasteiger charge is 2.41. The second kappa shape index (κ2) is 3.12. The summed E-state index contributed by atoms with van der Waals surface area (Å²) in [6.07, 6.45) is -2.06. The highest BCUT2D eigenvalue weighted by Crippen LogP contribution is 2.25. The van der Waals surface area contributed by atoms with Gasteiger partial charge in [0, 0.05) is 5.56 Å². The van der Waals surface area contributed by atoms with Gasteiger partial charge in [-0.05, 0) is 0 Å². The molecule has 5 heteroatoms. The minimum Gasteiger partial charge on any atom is -0.429 e. The zero-order valence-electron chi connectivity index (χ0n) is 7.08. The van der Waals surface area contributed by atoms with Crippen molar-refractivity contribution < 1.29 is 19.5 Å². The van der Waals surface area contributed by atoms with Crippen LogP contribution in [0, 0.1) is 0 Å². The van der Waals surface area contributed by atoms with E-state index in [0.29, 0.717) is 5.56 Å². The van der Waals surface area contributed by atoms with Gasteiger partial charge in [-0.2, -0.15) is 0 Å². The molecule has 0 saturated carbocycles. The van der Waals surface area contributed by atoms with E-state index < -0.39 is 18.1 Å². The van der Waals surface area contributed by atoms with E-state index in [1.54, 1.807) is 30.3 Å². The van der Waals surface area contributed by atoms with Gasteiger partial charge in [-0.1, -0.05) is 30.3 Å². The van der Waals surface area contributed by atoms with E-state index in [0.717, 1.165) is 0 Å². The molecule has 72 valence electrons. The zero-order chi connectivity index (χ0) is 10.1. The number of imide groups is 1. The minimum absolute atomic E-state index is 0.0162. The molecule has 1 atom stereocenters. The van der Waals surface area contributed by atoms with Gasteiger partial charge in [0.15, 0.2) is 0 Å². The van der Waals surface area contributed by atoms with Crippen LogP contribution in [-0.4, -0.2) is 22.3 Å². The van der Waals surface area contributed by atoms with E-state index in [1.807, 2.05) is 0 Å². The summed E-state index contributed by atoms with van der Waals surface area (Å²) in [6.45, 7) is 0. The van der Waals surface area contributed by atoms with Crippen molar-refractivity contribution in [2.75, 3.05) is 0 Å². The predicted octanol–water partition coefficient (Wildman–Crippen LogP) is 1.10. The number of hydrogen-bond donors (Lipinski definition) is 1. The SMILES string of the molecule is O=C1OC(c2ccccc2)C(=O)N1O. The van der Waals surface area contributed by atoms with Gasteiger partial charge in [0.05, 0.1) is 0 Å². The maximum absolute atomic E-state index is 11.2. The van der Waals surface area contributed by atoms with Crippen molar-refractivity contribution in [3.63, 3.8) is 0 Å². The number of nitrogens with zero attached hydrogens (tertiary/aromatic N) is 1. The Morgan fingerprint density at radius 2 is 1.86 bits per heavy atom. The first-order chi connectivity index (χ1) is 6.70. The standard InChI is InChI=1S/C9H7NO4/c11-8-7(14-9(12)10(8)13)6-4-2-1-3-5-6/h1-5,7,13H. The lowest BCUT2D eigenvalue weighted by atomic mass is 10.1. The van der Waals surface area contributed by atoms with Gasteiger partial charge in [0.1, 0.15) is 0 Å². The quantitative estimate of drug-likeness (QED) is 0.678. The zero-order valence-corrected chi connectivity index (χ0v) is 7.08. The topological polar surface area (TPSA) is 66.8 Å². The highest BCUT2D eigenvalue weighted by atomic mass is 16.7. The Bertz CT molecular complexity index is 376. The molecule has 1 fully saturated rings. The number of benzene rings is 1. The Morgan fingerprint density at radius 1 is 1.21 bits per heavy atom. The summed E-state index contributed by atoms with van der Waals surface area (Å²) in [4.78, 5) is 22.0. The fourth-order valence-electron chi connectivity index (χ4n) is 1.24. The number of hydrogen-bond acceptors (Lipinski definition) is 4. The molecule has 1 unspecified atom stereocenters. The van der Waals surface area contributed by atoms with E-state index in [-0.39, 0.29) is 5.06 Å². The molecule has 1 aromatic carbocycles. The van der Waals surface area contributed by atoms with Crippen LogP contribution in [0.15, 0.2) is 30.3 Å². The molecular weight excluding hydrogens is 186 g/mol. The molecule has 1 N–H and O–H groups in total. The smallest absolute Gasteiger partial charge is 0.429 e. The molecule has 0 radical (unpaired) electrons. The molecule has 0 bridgehead atoms. The Labute approximate surface area is 79.5 Å². The normalized spacial score (nSPS) is 21.2. The molecule has 1 aliphatic heterocycles. The maximum atomic E-state index is 11.2. The molecule has 0 aromatic heterocycles. The Kier molecular flexibility index (Phi) is 1.94. The van der Waals surface area contributed by atoms with Crippen molar-refractivity contribution in [3.05, 3.63) is 35.9 Å². The second-order valence-corrected chi connectivity index (χ2v) is 2.82. The molecule has 2 amide bonds. The van der Waals surface area contributed by atoms with Gasteiger partial charge in [0.2, 0.25) is 6.10 Å². The summed E-state index contributed by atoms with van der Waals surface area (Å²) in [5.41, 5.74) is 0.544. The number of cyclic esters (lactones) is 1. The van der Waals surface area contributed by atoms with Crippen molar-refractivity contribution in [3.8, 4) is 0 Å². The van der Waals surface area contributed by atoms with Crippen LogP contribution in [-0.2, 0) is 9.53 Å². The van der Waals surface area contributed by atoms with Crippen LogP contribution >= 0.6 is 0 Å². The highest BCUT2D eigenvalue weighted by molar-refractivity contribution is 5.99. The van der Waals surface area contributed by atoms with E-state index in [2.05, 4.69) is 4.74 Å². The molecule has 1 aromatic rings. The van der Waals surface area contributed by atoms with E-state index >= 15 is 0 Å². The summed E-state index contributed by atoms with van der Waals surface area (Å²) in [5, 5.41) is 8.89. The summed E-state index contributed by atoms with van der Waals surface area (Å²) < 4.78 is 4.66. The van der Waals surface area contributed by atoms with E-state index in [4.69, 9.17) is 5.21 Å². The van der Waals surface area contributed by atoms with Crippen LogP contribution in [0.3, 0.4) is 0 Å². The Morgan fingerprint density at radius 3 is 2.36 bits per heavy atom. The molecule has 14 heavy (non-hydrogen) atoms. The molecule has 1 saturated heterocycles. The van der Waals surface area contributed by atoms with Crippen molar-refractivity contribution in [2.45, 2.75) is 6.10 Å². The fourth-order valence-corrected chi connectivity index (χ4v) is 1.24. The van der Waals surface area contributed by atoms with Gasteiger partial charge in [0.25, 0.3) is 0 Å². The number of carbonyl (C=O) groups is 2. The summed E-state index contributed by atoms with van der Waals surface area (Å²) >= 11 is 0. The molecule has 1 heterocycles. The van der Waals surface area contributed by atoms with E-state index in [9.17, 15) is 9.59 Å². The van der Waals surface area contributed by atoms with Crippen LogP contribution in [0.4, 0.5) is 4.79 Å². The fraction of sp³-hybridized carbons (Fsp3) is 0.111. The molecular formula is C9H7NO4. The van der Waals surface area contributed by atoms with Crippen molar-refractivity contribution >= 4 is 12.0 Å². The van der Waals surface area contributed by atoms with Gasteiger partial charge < -0.3 is 4.74 Å². The van der Waals surface area contributed by atoms with Gasteiger partial charge >= 0.3 is 12.0 Å². The minimum atomic E-state index is -1.04. The molecule has 5 nitrogen and oxygen atoms in total. The lowest BCUT2D eigenvalue weighted by Gasteiger charge is -2.04. The van der Waals surface area contributed by atoms with Crippen LogP contribution < -0.4 is 0 Å². The summed E-state index contributed by atoms with van der Waals surface area (Å²) in [6, 6.07) is 8.51. The van der Waals surface area contributed by atoms with Gasteiger partial charge in [-0.15, -0.1) is 5.06 Å². The van der Waals surface area contributed by atoms with Crippen LogP contribution in [0.2, 0.25) is 0 Å². The van der Waals surface area contributed by atoms with Crippen molar-refractivity contribution in [1.29, 1.82) is 0 Å². The number of rotatable bonds is 1. The van der Waals surface area contributed by atoms with Crippen LogP contribution in [0.5, 0.6) is 0 Å². The van der Waals surface area contributed by atoms with Crippen molar-refractivity contribution in [1.82, 2.24) is 5.06 Å². The third-order valence-electron chi connectivity index (χ3n) is 1.93. The summed E-state index contributed by atoms with van der Waals surface area (Å²) in [5.74, 6) is -0.763. The third-order valence-corrected chi connectivity index (χ3v) is 1.93. The lowest BCUT2D eigenvalue weighted by Crippen LogP contribution is -2.25. The molecule has 0 spiro atoms. The van der Waals surface area contributed by atoms with Crippen molar-refractivity contribution in [2.24, 2.45) is 0 Å². The van der Waals surface area contributed by atoms with Crippen LogP contribution in [0.25, 0.3) is 0 Å². The number of carbonyl (C=O) groups excluding carboxylic acids is 2. The number of amides is 2. The lowest BCUT2D eigenvalue weighted by molar-refractivity contribution is -0.149. The first-order valence-corrected chi connectivity index (χ1v) is 3.98. The van der Waals surface area contributed by atoms with Gasteiger partial charge in [-0.3, -0.25) is 10.0 Å². The number of hydroxylamine groups is 2. The largest absolute Gasteiger partial charge is 0.442 e. The number of ether oxygens (including phenoxy) is 1. The maximum Gasteiger partial charge on any atom is 0.442 e. The van der Waals surface area contributed by atoms with Gasteiger partial charge in [-0.25, -0.2) is 4.79 Å². The van der Waals surface area contributed by atoms with E-state index in [1.165, 1.54) is 0 Å². The third kappa shape index (κ3) is 1.23. The Hall–Kier alpha value is -1.88. The average Bonchev–Trinajstić information content (AvgIpc) is 2.47. The monoisotopic (exact) mass is 193 g/mol. The van der Waals surface area contributed by atoms with Crippen LogP contribution in [0.1, 0.15) is 11.7 Å². The predicted molar refractivity (Wildman–Crippen MR) is 44.3 cm³/mol. The molecule has 1 aliphatic rings. The average molecular weight is 193 g/mol. The summed E-state index contributed by atoms with van der Waals surface area (Å²) in [7, 11) is 0. The first kappa shape index (κ1) is 8.71. The Balaban J connectivity index is 2.30. The first-order valence-electron chi connectivity index (χ1n) is 3.98. The molecule has 0 aliphatic carbocycles. The second-order valence-electron chi connectivity index (χ2n) is 2.82.